The number of aromatic nitrogens is 2. The van der Waals surface area contributed by atoms with E-state index in [2.05, 4.69) is 0 Å². The summed E-state index contributed by atoms with van der Waals surface area (Å²) in [4.78, 5) is 19.2. The van der Waals surface area contributed by atoms with Gasteiger partial charge >= 0.3 is 0 Å². The minimum Gasteiger partial charge on any atom is -0.493 e. The van der Waals surface area contributed by atoms with Gasteiger partial charge in [-0.05, 0) is 18.2 Å². The normalized spacial score (nSPS) is 11.7. The molecule has 0 atom stereocenters. The van der Waals surface area contributed by atoms with E-state index in [1.165, 1.54) is 11.3 Å². The molecule has 5 rings (SSSR count). The van der Waals surface area contributed by atoms with Gasteiger partial charge in [-0.1, -0.05) is 72.0 Å². The molecule has 2 heterocycles. The van der Waals surface area contributed by atoms with Gasteiger partial charge in [0.05, 0.1) is 37.2 Å². The molecule has 2 aromatic heterocycles. The molecule has 0 saturated carbocycles. The quantitative estimate of drug-likeness (QED) is 0.361. The third-order valence-corrected chi connectivity index (χ3v) is 6.55. The lowest BCUT2D eigenvalue weighted by atomic mass is 10.1. The van der Waals surface area contributed by atoms with E-state index in [-0.39, 0.29) is 5.56 Å². The van der Waals surface area contributed by atoms with Crippen molar-refractivity contribution >= 4 is 22.4 Å². The molecular formula is C27H22N2O4S. The van der Waals surface area contributed by atoms with E-state index < -0.39 is 0 Å². The van der Waals surface area contributed by atoms with Gasteiger partial charge < -0.3 is 14.2 Å². The average molecular weight is 471 g/mol. The molecule has 0 aliphatic heterocycles. The number of hydrogen-bond acceptors (Lipinski definition) is 6. The van der Waals surface area contributed by atoms with Crippen LogP contribution in [0.4, 0.5) is 0 Å². The number of hydrogen-bond donors (Lipinski definition) is 0. The number of benzene rings is 3. The van der Waals surface area contributed by atoms with Crippen LogP contribution in [-0.4, -0.2) is 30.7 Å². The Bertz CT molecular complexity index is 1570. The molecule has 0 N–H and O–H groups in total. The Hall–Kier alpha value is -4.10. The average Bonchev–Trinajstić information content (AvgIpc) is 3.41. The zero-order chi connectivity index (χ0) is 23.7. The molecule has 0 saturated heterocycles. The second-order valence-electron chi connectivity index (χ2n) is 7.50. The molecule has 5 aromatic rings. The summed E-state index contributed by atoms with van der Waals surface area (Å²) in [7, 11) is 4.69. The van der Waals surface area contributed by atoms with Crippen molar-refractivity contribution in [2.75, 3.05) is 21.3 Å². The van der Waals surface area contributed by atoms with E-state index in [1.807, 2.05) is 66.7 Å². The van der Waals surface area contributed by atoms with Crippen LogP contribution in [0, 0.1) is 0 Å². The predicted octanol–water partition coefficient (Wildman–Crippen LogP) is 4.66. The maximum absolute atomic E-state index is 13.7. The molecule has 34 heavy (non-hydrogen) atoms. The number of imidazole rings is 1. The predicted molar refractivity (Wildman–Crippen MR) is 135 cm³/mol. The monoisotopic (exact) mass is 470 g/mol. The van der Waals surface area contributed by atoms with Crippen LogP contribution in [0.2, 0.25) is 0 Å². The van der Waals surface area contributed by atoms with Crippen molar-refractivity contribution in [1.29, 1.82) is 0 Å². The van der Waals surface area contributed by atoms with Gasteiger partial charge in [-0.2, -0.15) is 0 Å². The molecule has 0 aliphatic carbocycles. The minimum atomic E-state index is -0.134. The van der Waals surface area contributed by atoms with Gasteiger partial charge in [0.1, 0.15) is 0 Å². The van der Waals surface area contributed by atoms with Crippen LogP contribution in [0.3, 0.4) is 0 Å². The van der Waals surface area contributed by atoms with Gasteiger partial charge in [-0.15, -0.1) is 0 Å². The van der Waals surface area contributed by atoms with Crippen LogP contribution < -0.4 is 24.3 Å². The number of methoxy groups -OCH3 is 3. The van der Waals surface area contributed by atoms with Gasteiger partial charge in [0.15, 0.2) is 16.5 Å². The highest BCUT2D eigenvalue weighted by Crippen LogP contribution is 2.40. The SMILES string of the molecule is COc1ccc(/C=c2\sc3nc(-c4ccccc4)c(-c4ccccc4)n3c2=O)c(OC)c1OC. The lowest BCUT2D eigenvalue weighted by Crippen LogP contribution is -2.23. The first-order chi connectivity index (χ1) is 16.7. The second kappa shape index (κ2) is 9.03. The summed E-state index contributed by atoms with van der Waals surface area (Å²) in [5, 5.41) is 0. The van der Waals surface area contributed by atoms with Gasteiger partial charge in [-0.25, -0.2) is 9.38 Å². The lowest BCUT2D eigenvalue weighted by molar-refractivity contribution is 0.324. The molecule has 0 aliphatic rings. The molecule has 0 amide bonds. The summed E-state index contributed by atoms with van der Waals surface area (Å²) in [6, 6.07) is 23.4. The molecule has 170 valence electrons. The Kier molecular flexibility index (Phi) is 5.77. The summed E-state index contributed by atoms with van der Waals surface area (Å²) in [5.74, 6) is 1.53. The first-order valence-electron chi connectivity index (χ1n) is 10.6. The maximum Gasteiger partial charge on any atom is 0.274 e. The van der Waals surface area contributed by atoms with E-state index in [0.717, 1.165) is 22.5 Å². The summed E-state index contributed by atoms with van der Waals surface area (Å²) in [6.45, 7) is 0. The second-order valence-corrected chi connectivity index (χ2v) is 8.51. The summed E-state index contributed by atoms with van der Waals surface area (Å²) in [6.07, 6.45) is 1.80. The smallest absolute Gasteiger partial charge is 0.274 e. The van der Waals surface area contributed by atoms with Crippen molar-refractivity contribution < 1.29 is 14.2 Å². The van der Waals surface area contributed by atoms with Gasteiger partial charge in [0.25, 0.3) is 5.56 Å². The van der Waals surface area contributed by atoms with Crippen molar-refractivity contribution in [1.82, 2.24) is 9.38 Å². The van der Waals surface area contributed by atoms with Gasteiger partial charge in [-0.3, -0.25) is 4.79 Å². The van der Waals surface area contributed by atoms with E-state index in [4.69, 9.17) is 19.2 Å². The molecule has 0 spiro atoms. The summed E-state index contributed by atoms with van der Waals surface area (Å²) in [5.41, 5.74) is 4.03. The fourth-order valence-corrected chi connectivity index (χ4v) is 5.00. The van der Waals surface area contributed by atoms with Gasteiger partial charge in [0, 0.05) is 16.7 Å². The highest BCUT2D eigenvalue weighted by molar-refractivity contribution is 7.15. The molecule has 0 unspecified atom stereocenters. The van der Waals surface area contributed by atoms with Crippen LogP contribution in [-0.2, 0) is 0 Å². The number of rotatable bonds is 6. The molecule has 6 nitrogen and oxygen atoms in total. The van der Waals surface area contributed by atoms with Crippen LogP contribution in [0.25, 0.3) is 33.6 Å². The fraction of sp³-hybridized carbons (Fsp3) is 0.111. The third kappa shape index (κ3) is 3.60. The van der Waals surface area contributed by atoms with Crippen LogP contribution >= 0.6 is 11.3 Å². The largest absolute Gasteiger partial charge is 0.493 e. The Balaban J connectivity index is 1.77. The van der Waals surface area contributed by atoms with E-state index >= 15 is 0 Å². The maximum atomic E-state index is 13.7. The fourth-order valence-electron chi connectivity index (χ4n) is 4.04. The Morgan fingerprint density at radius 3 is 2.06 bits per heavy atom. The zero-order valence-corrected chi connectivity index (χ0v) is 19.8. The Labute approximate surface area is 200 Å². The molecule has 0 bridgehead atoms. The highest BCUT2D eigenvalue weighted by Gasteiger charge is 2.21. The first-order valence-corrected chi connectivity index (χ1v) is 11.4. The molecular weight excluding hydrogens is 448 g/mol. The number of fused-ring (bicyclic) bond motifs is 1. The van der Waals surface area contributed by atoms with Crippen LogP contribution in [0.5, 0.6) is 17.2 Å². The van der Waals surface area contributed by atoms with Crippen molar-refractivity contribution in [3.05, 3.63) is 93.2 Å². The van der Waals surface area contributed by atoms with E-state index in [9.17, 15) is 4.79 Å². The topological polar surface area (TPSA) is 62.1 Å². The first kappa shape index (κ1) is 21.7. The summed E-state index contributed by atoms with van der Waals surface area (Å²) < 4.78 is 18.7. The van der Waals surface area contributed by atoms with Crippen molar-refractivity contribution in [3.8, 4) is 39.8 Å². The van der Waals surface area contributed by atoms with Crippen molar-refractivity contribution in [2.45, 2.75) is 0 Å². The zero-order valence-electron chi connectivity index (χ0n) is 18.9. The lowest BCUT2D eigenvalue weighted by Gasteiger charge is -2.13. The number of thiazole rings is 1. The number of ether oxygens (including phenoxy) is 3. The highest BCUT2D eigenvalue weighted by atomic mass is 32.1. The van der Waals surface area contributed by atoms with E-state index in [1.54, 1.807) is 37.9 Å². The van der Waals surface area contributed by atoms with Crippen molar-refractivity contribution in [2.24, 2.45) is 0 Å². The molecule has 0 radical (unpaired) electrons. The van der Waals surface area contributed by atoms with E-state index in [0.29, 0.717) is 32.3 Å². The van der Waals surface area contributed by atoms with Gasteiger partial charge in [0.2, 0.25) is 5.75 Å². The van der Waals surface area contributed by atoms with Crippen molar-refractivity contribution in [3.63, 3.8) is 0 Å². The number of nitrogens with zero attached hydrogens (tertiary/aromatic N) is 2. The Morgan fingerprint density at radius 1 is 0.794 bits per heavy atom. The van der Waals surface area contributed by atoms with Crippen LogP contribution in [0.15, 0.2) is 77.6 Å². The van der Waals surface area contributed by atoms with Crippen LogP contribution in [0.1, 0.15) is 5.56 Å². The standard InChI is InChI=1S/C27H22N2O4S/c1-31-20-15-14-19(24(32-2)25(20)33-3)16-21-26(30)29-23(18-12-8-5-9-13-18)22(28-27(29)34-21)17-10-6-4-7-11-17/h4-16H,1-3H3/b21-16-. The molecule has 0 fully saturated rings. The summed E-state index contributed by atoms with van der Waals surface area (Å²) >= 11 is 1.34. The molecule has 3 aromatic carbocycles. The molecule has 7 heteroatoms. The third-order valence-electron chi connectivity index (χ3n) is 5.58. The minimum absolute atomic E-state index is 0.134. The Morgan fingerprint density at radius 2 is 1.44 bits per heavy atom.